The summed E-state index contributed by atoms with van der Waals surface area (Å²) in [7, 11) is 0. The molecule has 2 rings (SSSR count). The van der Waals surface area contributed by atoms with Gasteiger partial charge in [-0.2, -0.15) is 5.26 Å². The predicted molar refractivity (Wildman–Crippen MR) is 79.3 cm³/mol. The van der Waals surface area contributed by atoms with E-state index in [0.29, 0.717) is 18.4 Å². The summed E-state index contributed by atoms with van der Waals surface area (Å²) in [5, 5.41) is 11.6. The average molecular weight is 264 g/mol. The first-order chi connectivity index (χ1) is 9.67. The topological polar surface area (TPSA) is 52.9 Å². The number of carbonyl (C=O) groups excluding carboxylic acids is 1. The lowest BCUT2D eigenvalue weighted by Crippen LogP contribution is -2.12. The van der Waals surface area contributed by atoms with Crippen molar-refractivity contribution in [1.82, 2.24) is 0 Å². The largest absolute Gasteiger partial charge is 0.326 e. The van der Waals surface area contributed by atoms with E-state index in [1.54, 1.807) is 12.1 Å². The first-order valence-corrected chi connectivity index (χ1v) is 6.53. The van der Waals surface area contributed by atoms with Crippen LogP contribution >= 0.6 is 0 Å². The van der Waals surface area contributed by atoms with Crippen molar-refractivity contribution in [2.75, 3.05) is 5.32 Å². The molecule has 0 heterocycles. The molecule has 20 heavy (non-hydrogen) atoms. The highest BCUT2D eigenvalue weighted by atomic mass is 16.1. The molecule has 0 aliphatic rings. The van der Waals surface area contributed by atoms with Crippen LogP contribution in [-0.4, -0.2) is 5.91 Å². The summed E-state index contributed by atoms with van der Waals surface area (Å²) in [6.07, 6.45) is 1.10. The number of benzene rings is 2. The highest BCUT2D eigenvalue weighted by Crippen LogP contribution is 2.11. The molecule has 2 aromatic rings. The van der Waals surface area contributed by atoms with Crippen molar-refractivity contribution >= 4 is 11.6 Å². The van der Waals surface area contributed by atoms with Crippen LogP contribution in [-0.2, 0) is 11.2 Å². The van der Waals surface area contributed by atoms with Gasteiger partial charge < -0.3 is 5.32 Å². The molecule has 0 radical (unpaired) electrons. The number of anilines is 1. The Labute approximate surface area is 118 Å². The van der Waals surface area contributed by atoms with Gasteiger partial charge in [-0.25, -0.2) is 0 Å². The number of rotatable bonds is 4. The second-order valence-electron chi connectivity index (χ2n) is 4.73. The van der Waals surface area contributed by atoms with Crippen molar-refractivity contribution in [2.24, 2.45) is 0 Å². The lowest BCUT2D eigenvalue weighted by molar-refractivity contribution is -0.116. The van der Waals surface area contributed by atoms with E-state index in [4.69, 9.17) is 5.26 Å². The summed E-state index contributed by atoms with van der Waals surface area (Å²) in [6, 6.07) is 17.1. The van der Waals surface area contributed by atoms with E-state index in [1.165, 1.54) is 0 Å². The van der Waals surface area contributed by atoms with E-state index in [-0.39, 0.29) is 5.91 Å². The Kier molecular flexibility index (Phi) is 4.52. The van der Waals surface area contributed by atoms with Crippen molar-refractivity contribution in [2.45, 2.75) is 19.8 Å². The third-order valence-corrected chi connectivity index (χ3v) is 3.03. The number of aryl methyl sites for hydroxylation is 2. The summed E-state index contributed by atoms with van der Waals surface area (Å²) in [4.78, 5) is 11.9. The van der Waals surface area contributed by atoms with Crippen molar-refractivity contribution < 1.29 is 4.79 Å². The molecule has 0 spiro atoms. The monoisotopic (exact) mass is 264 g/mol. The van der Waals surface area contributed by atoms with E-state index in [2.05, 4.69) is 11.4 Å². The fourth-order valence-corrected chi connectivity index (χ4v) is 1.95. The van der Waals surface area contributed by atoms with Crippen LogP contribution in [0.25, 0.3) is 0 Å². The summed E-state index contributed by atoms with van der Waals surface area (Å²) >= 11 is 0. The van der Waals surface area contributed by atoms with E-state index in [0.717, 1.165) is 16.8 Å². The predicted octanol–water partition coefficient (Wildman–Crippen LogP) is 3.44. The molecule has 3 heteroatoms. The minimum absolute atomic E-state index is 0.0000373. The molecule has 0 saturated heterocycles. The van der Waals surface area contributed by atoms with Gasteiger partial charge in [0.25, 0.3) is 0 Å². The van der Waals surface area contributed by atoms with Crippen LogP contribution in [0.5, 0.6) is 0 Å². The SMILES string of the molecule is Cc1cccc(NC(=O)CCc2ccc(C#N)cc2)c1. The first-order valence-electron chi connectivity index (χ1n) is 6.53. The van der Waals surface area contributed by atoms with Gasteiger partial charge in [-0.05, 0) is 48.7 Å². The molecule has 0 aliphatic heterocycles. The lowest BCUT2D eigenvalue weighted by Gasteiger charge is -2.06. The zero-order chi connectivity index (χ0) is 14.4. The number of amides is 1. The van der Waals surface area contributed by atoms with Crippen molar-refractivity contribution in [3.8, 4) is 6.07 Å². The van der Waals surface area contributed by atoms with Gasteiger partial charge in [-0.1, -0.05) is 24.3 Å². The maximum absolute atomic E-state index is 11.9. The normalized spacial score (nSPS) is 9.80. The third-order valence-electron chi connectivity index (χ3n) is 3.03. The van der Waals surface area contributed by atoms with E-state index >= 15 is 0 Å². The summed E-state index contributed by atoms with van der Waals surface area (Å²) < 4.78 is 0. The zero-order valence-corrected chi connectivity index (χ0v) is 11.4. The van der Waals surface area contributed by atoms with E-state index in [9.17, 15) is 4.79 Å². The van der Waals surface area contributed by atoms with Gasteiger partial charge >= 0.3 is 0 Å². The van der Waals surface area contributed by atoms with Gasteiger partial charge in [-0.15, -0.1) is 0 Å². The summed E-state index contributed by atoms with van der Waals surface area (Å²) in [5.41, 5.74) is 3.64. The fraction of sp³-hybridized carbons (Fsp3) is 0.176. The van der Waals surface area contributed by atoms with Crippen molar-refractivity contribution in [1.29, 1.82) is 5.26 Å². The standard InChI is InChI=1S/C17H16N2O/c1-13-3-2-4-16(11-13)19-17(20)10-9-14-5-7-15(12-18)8-6-14/h2-8,11H,9-10H2,1H3,(H,19,20). The molecule has 0 aromatic heterocycles. The highest BCUT2D eigenvalue weighted by Gasteiger charge is 2.03. The molecule has 1 amide bonds. The van der Waals surface area contributed by atoms with Crippen LogP contribution in [0.3, 0.4) is 0 Å². The lowest BCUT2D eigenvalue weighted by atomic mass is 10.1. The maximum Gasteiger partial charge on any atom is 0.224 e. The van der Waals surface area contributed by atoms with Crippen LogP contribution in [0.15, 0.2) is 48.5 Å². The zero-order valence-electron chi connectivity index (χ0n) is 11.4. The molecule has 0 bridgehead atoms. The molecule has 0 aliphatic carbocycles. The molecular formula is C17H16N2O. The number of nitriles is 1. The number of carbonyl (C=O) groups is 1. The summed E-state index contributed by atoms with van der Waals surface area (Å²) in [5.74, 6) is -0.0000373. The molecule has 0 fully saturated rings. The number of nitrogens with zero attached hydrogens (tertiary/aromatic N) is 1. The van der Waals surface area contributed by atoms with Gasteiger partial charge in [0, 0.05) is 12.1 Å². The summed E-state index contributed by atoms with van der Waals surface area (Å²) in [6.45, 7) is 1.99. The van der Waals surface area contributed by atoms with Crippen LogP contribution in [0, 0.1) is 18.3 Å². The Hall–Kier alpha value is -2.60. The maximum atomic E-state index is 11.9. The molecule has 1 N–H and O–H groups in total. The Bertz CT molecular complexity index is 639. The molecular weight excluding hydrogens is 248 g/mol. The van der Waals surface area contributed by atoms with Gasteiger partial charge in [0.05, 0.1) is 11.6 Å². The van der Waals surface area contributed by atoms with Gasteiger partial charge in [0.1, 0.15) is 0 Å². The van der Waals surface area contributed by atoms with Crippen molar-refractivity contribution in [3.63, 3.8) is 0 Å². The second-order valence-corrected chi connectivity index (χ2v) is 4.73. The number of hydrogen-bond donors (Lipinski definition) is 1. The Morgan fingerprint density at radius 2 is 1.95 bits per heavy atom. The van der Waals surface area contributed by atoms with Gasteiger partial charge in [0.2, 0.25) is 5.91 Å². The van der Waals surface area contributed by atoms with Gasteiger partial charge in [-0.3, -0.25) is 4.79 Å². The first kappa shape index (κ1) is 13.8. The quantitative estimate of drug-likeness (QED) is 0.919. The van der Waals surface area contributed by atoms with E-state index in [1.807, 2.05) is 43.3 Å². The van der Waals surface area contributed by atoms with Crippen LogP contribution in [0.1, 0.15) is 23.1 Å². The average Bonchev–Trinajstić information content (AvgIpc) is 2.46. The third kappa shape index (κ3) is 3.96. The Balaban J connectivity index is 1.87. The van der Waals surface area contributed by atoms with E-state index < -0.39 is 0 Å². The van der Waals surface area contributed by atoms with Crippen molar-refractivity contribution in [3.05, 3.63) is 65.2 Å². The Morgan fingerprint density at radius 3 is 2.60 bits per heavy atom. The smallest absolute Gasteiger partial charge is 0.224 e. The molecule has 2 aromatic carbocycles. The molecule has 0 atom stereocenters. The molecule has 100 valence electrons. The van der Waals surface area contributed by atoms with Crippen LogP contribution in [0.4, 0.5) is 5.69 Å². The highest BCUT2D eigenvalue weighted by molar-refractivity contribution is 5.90. The second kappa shape index (κ2) is 6.53. The molecule has 0 unspecified atom stereocenters. The fourth-order valence-electron chi connectivity index (χ4n) is 1.95. The molecule has 3 nitrogen and oxygen atoms in total. The molecule has 0 saturated carbocycles. The van der Waals surface area contributed by atoms with Crippen LogP contribution in [0.2, 0.25) is 0 Å². The minimum atomic E-state index is -0.0000373. The minimum Gasteiger partial charge on any atom is -0.326 e. The van der Waals surface area contributed by atoms with Crippen LogP contribution < -0.4 is 5.32 Å². The number of hydrogen-bond acceptors (Lipinski definition) is 2. The van der Waals surface area contributed by atoms with Gasteiger partial charge in [0.15, 0.2) is 0 Å². The number of nitrogens with one attached hydrogen (secondary N) is 1. The Morgan fingerprint density at radius 1 is 1.20 bits per heavy atom.